The molecule has 1 aromatic heterocycles. The first-order chi connectivity index (χ1) is 12.5. The highest BCUT2D eigenvalue weighted by Crippen LogP contribution is 2.47. The molecule has 1 aromatic carbocycles. The fourth-order valence-electron chi connectivity index (χ4n) is 3.73. The van der Waals surface area contributed by atoms with E-state index in [1.54, 1.807) is 12.3 Å². The Kier molecular flexibility index (Phi) is 4.75. The molecule has 1 aliphatic carbocycles. The Morgan fingerprint density at radius 2 is 2.15 bits per heavy atom. The Labute approximate surface area is 167 Å². The van der Waals surface area contributed by atoms with Gasteiger partial charge < -0.3 is 10.6 Å². The number of nitrogen functional groups attached to an aromatic ring is 1. The standard InChI is InChI=1S/C18H19Cl2N5S/c1-22-13-5-6-18(13)7-8-25(10-18)14-9-23-17(16(21)24-14)26-12-4-2-3-11(19)15(12)20/h2-4,9H,5-8,10H2,1H3,(H2,21,24)/b22-13+/t18-/m0/s1. The molecule has 0 bridgehead atoms. The Morgan fingerprint density at radius 1 is 1.31 bits per heavy atom. The van der Waals surface area contributed by atoms with Crippen molar-refractivity contribution >= 4 is 52.3 Å². The molecule has 1 aliphatic heterocycles. The summed E-state index contributed by atoms with van der Waals surface area (Å²) >= 11 is 13.7. The lowest BCUT2D eigenvalue weighted by molar-refractivity contribution is 0.368. The molecule has 1 spiro atoms. The molecule has 2 heterocycles. The summed E-state index contributed by atoms with van der Waals surface area (Å²) in [6.07, 6.45) is 5.24. The number of aromatic nitrogens is 2. The van der Waals surface area contributed by atoms with Crippen molar-refractivity contribution in [3.63, 3.8) is 0 Å². The van der Waals surface area contributed by atoms with Crippen molar-refractivity contribution in [2.24, 2.45) is 10.4 Å². The first-order valence-electron chi connectivity index (χ1n) is 8.48. The van der Waals surface area contributed by atoms with Crippen LogP contribution in [0.4, 0.5) is 11.6 Å². The van der Waals surface area contributed by atoms with E-state index in [0.29, 0.717) is 20.9 Å². The van der Waals surface area contributed by atoms with E-state index >= 15 is 0 Å². The van der Waals surface area contributed by atoms with Gasteiger partial charge in [0.2, 0.25) is 0 Å². The van der Waals surface area contributed by atoms with Crippen LogP contribution in [0.2, 0.25) is 10.0 Å². The molecule has 2 fully saturated rings. The highest BCUT2D eigenvalue weighted by molar-refractivity contribution is 7.99. The summed E-state index contributed by atoms with van der Waals surface area (Å²) in [6, 6.07) is 5.49. The molecule has 1 saturated heterocycles. The topological polar surface area (TPSA) is 67.4 Å². The number of benzene rings is 1. The van der Waals surface area contributed by atoms with Gasteiger partial charge in [0.05, 0.1) is 16.2 Å². The molecule has 5 nitrogen and oxygen atoms in total. The lowest BCUT2D eigenvalue weighted by atomic mass is 9.66. The second-order valence-corrected chi connectivity index (χ2v) is 8.51. The van der Waals surface area contributed by atoms with E-state index in [9.17, 15) is 0 Å². The number of rotatable bonds is 3. The van der Waals surface area contributed by atoms with Crippen LogP contribution in [0.25, 0.3) is 0 Å². The van der Waals surface area contributed by atoms with Gasteiger partial charge in [-0.25, -0.2) is 9.97 Å². The monoisotopic (exact) mass is 407 g/mol. The van der Waals surface area contributed by atoms with E-state index in [1.165, 1.54) is 23.9 Å². The molecule has 2 aromatic rings. The zero-order valence-corrected chi connectivity index (χ0v) is 16.7. The maximum atomic E-state index is 6.25. The minimum atomic E-state index is 0.243. The van der Waals surface area contributed by atoms with Crippen LogP contribution in [0, 0.1) is 5.41 Å². The van der Waals surface area contributed by atoms with E-state index in [1.807, 2.05) is 19.2 Å². The highest BCUT2D eigenvalue weighted by Gasteiger charge is 2.48. The van der Waals surface area contributed by atoms with Gasteiger partial charge in [-0.3, -0.25) is 4.99 Å². The fraction of sp³-hybridized carbons (Fsp3) is 0.389. The molecule has 8 heteroatoms. The van der Waals surface area contributed by atoms with Gasteiger partial charge in [-0.05, 0) is 31.4 Å². The summed E-state index contributed by atoms with van der Waals surface area (Å²) in [5, 5.41) is 1.64. The number of halogens is 2. The van der Waals surface area contributed by atoms with Crippen molar-refractivity contribution in [1.29, 1.82) is 0 Å². The third kappa shape index (κ3) is 3.04. The summed E-state index contributed by atoms with van der Waals surface area (Å²) in [4.78, 5) is 16.6. The molecule has 1 atom stereocenters. The van der Waals surface area contributed by atoms with Crippen molar-refractivity contribution in [3.05, 3.63) is 34.4 Å². The average molecular weight is 408 g/mol. The van der Waals surface area contributed by atoms with E-state index in [-0.39, 0.29) is 5.41 Å². The van der Waals surface area contributed by atoms with Gasteiger partial charge in [0.25, 0.3) is 0 Å². The maximum absolute atomic E-state index is 6.25. The van der Waals surface area contributed by atoms with Crippen LogP contribution in [-0.4, -0.2) is 35.8 Å². The van der Waals surface area contributed by atoms with Gasteiger partial charge in [-0.15, -0.1) is 0 Å². The zero-order chi connectivity index (χ0) is 18.3. The number of aliphatic imine (C=N–C) groups is 1. The normalized spacial score (nSPS) is 23.7. The van der Waals surface area contributed by atoms with E-state index < -0.39 is 0 Å². The Balaban J connectivity index is 1.53. The number of nitrogens with two attached hydrogens (primary N) is 1. The summed E-state index contributed by atoms with van der Waals surface area (Å²) in [6.45, 7) is 1.90. The van der Waals surface area contributed by atoms with Gasteiger partial charge in [-0.2, -0.15) is 0 Å². The Hall–Kier alpha value is -1.50. The third-order valence-electron chi connectivity index (χ3n) is 5.27. The van der Waals surface area contributed by atoms with Crippen LogP contribution in [0.1, 0.15) is 19.3 Å². The van der Waals surface area contributed by atoms with Crippen molar-refractivity contribution in [1.82, 2.24) is 9.97 Å². The van der Waals surface area contributed by atoms with E-state index in [2.05, 4.69) is 19.9 Å². The molecular formula is C18H19Cl2N5S. The number of anilines is 2. The molecule has 26 heavy (non-hydrogen) atoms. The first-order valence-corrected chi connectivity index (χ1v) is 10.1. The predicted molar refractivity (Wildman–Crippen MR) is 109 cm³/mol. The van der Waals surface area contributed by atoms with Gasteiger partial charge in [0.15, 0.2) is 5.82 Å². The first kappa shape index (κ1) is 17.9. The molecule has 136 valence electrons. The number of hydrogen-bond acceptors (Lipinski definition) is 6. The smallest absolute Gasteiger partial charge is 0.158 e. The molecular weight excluding hydrogens is 389 g/mol. The molecule has 1 saturated carbocycles. The van der Waals surface area contributed by atoms with Crippen molar-refractivity contribution in [2.75, 3.05) is 30.8 Å². The molecule has 2 aliphatic rings. The van der Waals surface area contributed by atoms with Gasteiger partial charge in [-0.1, -0.05) is 41.0 Å². The minimum Gasteiger partial charge on any atom is -0.381 e. The molecule has 0 radical (unpaired) electrons. The average Bonchev–Trinajstić information content (AvgIpc) is 3.08. The van der Waals surface area contributed by atoms with Gasteiger partial charge in [0, 0.05) is 36.2 Å². The second kappa shape index (κ2) is 6.91. The number of hydrogen-bond donors (Lipinski definition) is 1. The predicted octanol–water partition coefficient (Wildman–Crippen LogP) is 4.58. The maximum Gasteiger partial charge on any atom is 0.158 e. The SMILES string of the molecule is C/N=C1\CC[C@@]12CCN(c1cnc(Sc3cccc(Cl)c3Cl)c(N)n1)C2. The summed E-state index contributed by atoms with van der Waals surface area (Å²) in [5.41, 5.74) is 7.75. The van der Waals surface area contributed by atoms with E-state index in [0.717, 1.165) is 36.6 Å². The van der Waals surface area contributed by atoms with Crippen LogP contribution in [0.5, 0.6) is 0 Å². The summed E-state index contributed by atoms with van der Waals surface area (Å²) < 4.78 is 0. The Bertz CT molecular complexity index is 888. The van der Waals surface area contributed by atoms with Gasteiger partial charge in [0.1, 0.15) is 10.8 Å². The van der Waals surface area contributed by atoms with E-state index in [4.69, 9.17) is 28.9 Å². The Morgan fingerprint density at radius 3 is 2.85 bits per heavy atom. The van der Waals surface area contributed by atoms with Crippen molar-refractivity contribution in [2.45, 2.75) is 29.2 Å². The lowest BCUT2D eigenvalue weighted by Gasteiger charge is -2.40. The van der Waals surface area contributed by atoms with Crippen molar-refractivity contribution in [3.8, 4) is 0 Å². The van der Waals surface area contributed by atoms with Crippen LogP contribution in [0.15, 0.2) is 39.3 Å². The summed E-state index contributed by atoms with van der Waals surface area (Å²) in [5.74, 6) is 1.23. The molecule has 0 amide bonds. The van der Waals surface area contributed by atoms with Crippen LogP contribution >= 0.6 is 35.0 Å². The minimum absolute atomic E-state index is 0.243. The van der Waals surface area contributed by atoms with Crippen LogP contribution < -0.4 is 10.6 Å². The van der Waals surface area contributed by atoms with Crippen molar-refractivity contribution < 1.29 is 0 Å². The van der Waals surface area contributed by atoms with Crippen LogP contribution in [0.3, 0.4) is 0 Å². The lowest BCUT2D eigenvalue weighted by Crippen LogP contribution is -2.43. The quantitative estimate of drug-likeness (QED) is 0.806. The third-order valence-corrected chi connectivity index (χ3v) is 7.27. The molecule has 4 rings (SSSR count). The molecule has 0 unspecified atom stereocenters. The molecule has 2 N–H and O–H groups in total. The highest BCUT2D eigenvalue weighted by atomic mass is 35.5. The number of nitrogens with zero attached hydrogens (tertiary/aromatic N) is 4. The fourth-order valence-corrected chi connectivity index (χ4v) is 5.01. The zero-order valence-electron chi connectivity index (χ0n) is 14.4. The summed E-state index contributed by atoms with van der Waals surface area (Å²) in [7, 11) is 1.89. The van der Waals surface area contributed by atoms with Gasteiger partial charge >= 0.3 is 0 Å². The largest absolute Gasteiger partial charge is 0.381 e. The van der Waals surface area contributed by atoms with Crippen LogP contribution in [-0.2, 0) is 0 Å². The second-order valence-electron chi connectivity index (χ2n) is 6.69.